The molecule has 0 aliphatic rings. The number of aryl methyl sites for hydroxylation is 1. The van der Waals surface area contributed by atoms with Crippen LogP contribution in [0, 0.1) is 6.07 Å². The van der Waals surface area contributed by atoms with Crippen molar-refractivity contribution in [2.45, 2.75) is 0 Å². The summed E-state index contributed by atoms with van der Waals surface area (Å²) in [5.74, 6) is -0.354. The Labute approximate surface area is 93.9 Å². The Morgan fingerprint density at radius 1 is 1.56 bits per heavy atom. The van der Waals surface area contributed by atoms with Gasteiger partial charge in [-0.25, -0.2) is 4.79 Å². The van der Waals surface area contributed by atoms with Crippen LogP contribution >= 0.6 is 0 Å². The van der Waals surface area contributed by atoms with E-state index in [9.17, 15) is 4.79 Å². The van der Waals surface area contributed by atoms with E-state index >= 15 is 0 Å². The number of ether oxygens (including phenoxy) is 1. The van der Waals surface area contributed by atoms with Crippen molar-refractivity contribution in [3.8, 4) is 0 Å². The summed E-state index contributed by atoms with van der Waals surface area (Å²) in [6.07, 6.45) is 5.11. The van der Waals surface area contributed by atoms with Crippen LogP contribution in [0.2, 0.25) is 0 Å². The summed E-state index contributed by atoms with van der Waals surface area (Å²) in [5.41, 5.74) is 2.05. The van der Waals surface area contributed by atoms with Gasteiger partial charge in [-0.15, -0.1) is 0 Å². The maximum atomic E-state index is 11.0. The molecule has 2 aromatic rings. The van der Waals surface area contributed by atoms with Crippen molar-refractivity contribution < 1.29 is 9.53 Å². The molecule has 1 aromatic carbocycles. The summed E-state index contributed by atoms with van der Waals surface area (Å²) in [6.45, 7) is 0. The first-order chi connectivity index (χ1) is 7.72. The molecule has 16 heavy (non-hydrogen) atoms. The number of carbonyl (C=O) groups excluding carboxylic acids is 1. The zero-order valence-electron chi connectivity index (χ0n) is 9.23. The van der Waals surface area contributed by atoms with Gasteiger partial charge in [-0.2, -0.15) is 0 Å². The maximum absolute atomic E-state index is 11.0. The van der Waals surface area contributed by atoms with Crippen LogP contribution in [0.3, 0.4) is 0 Å². The van der Waals surface area contributed by atoms with E-state index in [1.165, 1.54) is 13.2 Å². The van der Waals surface area contributed by atoms with Crippen LogP contribution in [0.1, 0.15) is 5.56 Å². The number of fused-ring (bicyclic) bond motifs is 1. The molecule has 0 bridgehead atoms. The normalized spacial score (nSPS) is 11.1. The topological polar surface area (TPSA) is 31.2 Å². The second-order valence-corrected chi connectivity index (χ2v) is 3.48. The number of esters is 1. The first kappa shape index (κ1) is 10.5. The monoisotopic (exact) mass is 214 g/mol. The Balaban J connectivity index is 2.46. The Hall–Kier alpha value is -2.03. The third-order valence-electron chi connectivity index (χ3n) is 2.44. The van der Waals surface area contributed by atoms with E-state index in [-0.39, 0.29) is 5.97 Å². The third-order valence-corrected chi connectivity index (χ3v) is 2.44. The molecule has 81 valence electrons. The van der Waals surface area contributed by atoms with Crippen LogP contribution in [0.5, 0.6) is 0 Å². The minimum absolute atomic E-state index is 0.354. The number of hydrogen-bond donors (Lipinski definition) is 0. The second-order valence-electron chi connectivity index (χ2n) is 3.48. The molecule has 2 rings (SSSR count). The molecule has 0 saturated heterocycles. The van der Waals surface area contributed by atoms with Gasteiger partial charge in [-0.3, -0.25) is 0 Å². The van der Waals surface area contributed by atoms with Gasteiger partial charge in [0.05, 0.1) is 7.11 Å². The quantitative estimate of drug-likeness (QED) is 0.566. The van der Waals surface area contributed by atoms with E-state index in [1.54, 1.807) is 6.08 Å². The highest BCUT2D eigenvalue weighted by atomic mass is 16.5. The highest BCUT2D eigenvalue weighted by Crippen LogP contribution is 2.20. The fourth-order valence-corrected chi connectivity index (χ4v) is 1.65. The van der Waals surface area contributed by atoms with Crippen LogP contribution < -0.4 is 0 Å². The lowest BCUT2D eigenvalue weighted by molar-refractivity contribution is -0.134. The van der Waals surface area contributed by atoms with Gasteiger partial charge < -0.3 is 9.30 Å². The van der Waals surface area contributed by atoms with Gasteiger partial charge in [0.25, 0.3) is 0 Å². The van der Waals surface area contributed by atoms with Crippen LogP contribution in [-0.2, 0) is 16.6 Å². The van der Waals surface area contributed by atoms with Gasteiger partial charge in [0.2, 0.25) is 0 Å². The highest BCUT2D eigenvalue weighted by molar-refractivity contribution is 5.93. The molecule has 3 nitrogen and oxygen atoms in total. The second kappa shape index (κ2) is 4.23. The minimum Gasteiger partial charge on any atom is -0.466 e. The van der Waals surface area contributed by atoms with Crippen LogP contribution in [-0.4, -0.2) is 17.6 Å². The summed E-state index contributed by atoms with van der Waals surface area (Å²) in [6, 6.07) is 8.97. The van der Waals surface area contributed by atoms with Gasteiger partial charge in [-0.1, -0.05) is 12.1 Å². The number of rotatable bonds is 2. The molecule has 0 aliphatic carbocycles. The number of nitrogens with zero attached hydrogens (tertiary/aromatic N) is 1. The summed E-state index contributed by atoms with van der Waals surface area (Å²) >= 11 is 0. The molecule has 0 amide bonds. The lowest BCUT2D eigenvalue weighted by atomic mass is 10.1. The van der Waals surface area contributed by atoms with E-state index in [0.717, 1.165) is 16.5 Å². The number of aromatic nitrogens is 1. The molecule has 0 saturated carbocycles. The summed E-state index contributed by atoms with van der Waals surface area (Å²) in [7, 11) is 3.33. The zero-order valence-corrected chi connectivity index (χ0v) is 9.23. The molecule has 1 heterocycles. The number of methoxy groups -OCH3 is 1. The Morgan fingerprint density at radius 2 is 2.38 bits per heavy atom. The van der Waals surface area contributed by atoms with Gasteiger partial charge in [0.1, 0.15) is 0 Å². The maximum Gasteiger partial charge on any atom is 0.330 e. The summed E-state index contributed by atoms with van der Waals surface area (Å²) < 4.78 is 6.55. The van der Waals surface area contributed by atoms with Gasteiger partial charge in [-0.05, 0) is 18.2 Å². The first-order valence-corrected chi connectivity index (χ1v) is 4.94. The molecule has 0 N–H and O–H groups in total. The van der Waals surface area contributed by atoms with E-state index in [0.29, 0.717) is 0 Å². The Bertz CT molecular complexity index is 552. The molecule has 1 aromatic heterocycles. The van der Waals surface area contributed by atoms with Gasteiger partial charge in [0, 0.05) is 35.8 Å². The fourth-order valence-electron chi connectivity index (χ4n) is 1.65. The molecular weight excluding hydrogens is 202 g/mol. The number of benzene rings is 1. The SMILES string of the molecule is COC(=O)C=Cc1cn(C)c2ccc[c]c12. The van der Waals surface area contributed by atoms with Crippen LogP contribution in [0.4, 0.5) is 0 Å². The minimum atomic E-state index is -0.354. The summed E-state index contributed by atoms with van der Waals surface area (Å²) in [4.78, 5) is 11.0. The van der Waals surface area contributed by atoms with Crippen molar-refractivity contribution >= 4 is 22.9 Å². The van der Waals surface area contributed by atoms with Crippen molar-refractivity contribution in [3.63, 3.8) is 0 Å². The summed E-state index contributed by atoms with van der Waals surface area (Å²) in [5, 5.41) is 1.00. The van der Waals surface area contributed by atoms with Crippen LogP contribution in [0.15, 0.2) is 30.5 Å². The largest absolute Gasteiger partial charge is 0.466 e. The van der Waals surface area contributed by atoms with Crippen molar-refractivity contribution in [2.24, 2.45) is 7.05 Å². The van der Waals surface area contributed by atoms with Gasteiger partial charge in [0.15, 0.2) is 0 Å². The molecule has 3 heteroatoms. The van der Waals surface area contributed by atoms with Gasteiger partial charge >= 0.3 is 5.97 Å². The Kier molecular flexibility index (Phi) is 2.77. The number of hydrogen-bond acceptors (Lipinski definition) is 2. The lowest BCUT2D eigenvalue weighted by Crippen LogP contribution is -1.92. The molecular formula is C13H12NO2. The molecule has 0 fully saturated rings. The van der Waals surface area contributed by atoms with E-state index in [4.69, 9.17) is 0 Å². The van der Waals surface area contributed by atoms with Crippen LogP contribution in [0.25, 0.3) is 17.0 Å². The highest BCUT2D eigenvalue weighted by Gasteiger charge is 2.03. The van der Waals surface area contributed by atoms with Crippen molar-refractivity contribution in [1.29, 1.82) is 0 Å². The fraction of sp³-hybridized carbons (Fsp3) is 0.154. The zero-order chi connectivity index (χ0) is 11.5. The molecule has 0 unspecified atom stereocenters. The molecule has 0 aliphatic heterocycles. The third kappa shape index (κ3) is 1.84. The van der Waals surface area contributed by atoms with E-state index in [2.05, 4.69) is 10.8 Å². The van der Waals surface area contributed by atoms with Crippen molar-refractivity contribution in [3.05, 3.63) is 42.1 Å². The number of carbonyl (C=O) groups is 1. The van der Waals surface area contributed by atoms with E-state index in [1.807, 2.05) is 36.0 Å². The smallest absolute Gasteiger partial charge is 0.330 e. The average molecular weight is 214 g/mol. The molecule has 1 radical (unpaired) electrons. The van der Waals surface area contributed by atoms with E-state index < -0.39 is 0 Å². The predicted molar refractivity (Wildman–Crippen MR) is 62.8 cm³/mol. The standard InChI is InChI=1S/C13H12NO2/c1-14-9-10(7-8-13(15)16-2)11-5-3-4-6-12(11)14/h3-4,6-9H,1-2H3. The molecule has 0 atom stereocenters. The lowest BCUT2D eigenvalue weighted by Gasteiger charge is -1.92. The average Bonchev–Trinajstić information content (AvgIpc) is 2.64. The van der Waals surface area contributed by atoms with Crippen molar-refractivity contribution in [1.82, 2.24) is 4.57 Å². The first-order valence-electron chi connectivity index (χ1n) is 4.94. The predicted octanol–water partition coefficient (Wildman–Crippen LogP) is 2.16. The molecule has 0 spiro atoms. The Morgan fingerprint density at radius 3 is 3.12 bits per heavy atom. The van der Waals surface area contributed by atoms with Crippen molar-refractivity contribution in [2.75, 3.05) is 7.11 Å².